The zero-order valence-corrected chi connectivity index (χ0v) is 6.22. The molecule has 9 heavy (non-hydrogen) atoms. The number of aliphatic hydroxyl groups excluding tert-OH is 1. The fourth-order valence-electron chi connectivity index (χ4n) is 0.567. The normalized spacial score (nSPS) is 14.3. The second-order valence-electron chi connectivity index (χ2n) is 2.23. The van der Waals surface area contributed by atoms with Gasteiger partial charge in [-0.3, -0.25) is 5.32 Å². The highest BCUT2D eigenvalue weighted by Crippen LogP contribution is 1.85. The summed E-state index contributed by atoms with van der Waals surface area (Å²) < 4.78 is 4.85. The second kappa shape index (κ2) is 4.73. The lowest BCUT2D eigenvalue weighted by Gasteiger charge is -2.16. The van der Waals surface area contributed by atoms with Gasteiger partial charge in [-0.15, -0.1) is 0 Å². The third kappa shape index (κ3) is 4.39. The number of hydrogen-bond donors (Lipinski definition) is 2. The number of ether oxygens (including phenoxy) is 1. The molecule has 0 aliphatic carbocycles. The first kappa shape index (κ1) is 8.88. The summed E-state index contributed by atoms with van der Waals surface area (Å²) in [5.41, 5.74) is 0. The van der Waals surface area contributed by atoms with Crippen molar-refractivity contribution in [3.63, 3.8) is 0 Å². The van der Waals surface area contributed by atoms with Crippen molar-refractivity contribution in [1.82, 2.24) is 5.32 Å². The van der Waals surface area contributed by atoms with Crippen molar-refractivity contribution >= 4 is 0 Å². The van der Waals surface area contributed by atoms with Crippen LogP contribution in [0.25, 0.3) is 0 Å². The van der Waals surface area contributed by atoms with Gasteiger partial charge in [-0.05, 0) is 13.8 Å². The van der Waals surface area contributed by atoms with Crippen LogP contribution in [-0.2, 0) is 4.74 Å². The van der Waals surface area contributed by atoms with Crippen molar-refractivity contribution in [1.29, 1.82) is 0 Å². The largest absolute Gasteiger partial charge is 0.392 e. The Kier molecular flexibility index (Phi) is 4.67. The van der Waals surface area contributed by atoms with E-state index in [4.69, 9.17) is 9.84 Å². The summed E-state index contributed by atoms with van der Waals surface area (Å²) in [4.78, 5) is 0. The molecule has 0 aromatic carbocycles. The molecular weight excluding hydrogens is 118 g/mol. The van der Waals surface area contributed by atoms with E-state index in [1.165, 1.54) is 0 Å². The zero-order valence-electron chi connectivity index (χ0n) is 6.22. The van der Waals surface area contributed by atoms with Gasteiger partial charge in [-0.25, -0.2) is 0 Å². The molecule has 0 fully saturated rings. The van der Waals surface area contributed by atoms with Crippen molar-refractivity contribution in [2.75, 3.05) is 13.7 Å². The molecule has 0 saturated heterocycles. The summed E-state index contributed by atoms with van der Waals surface area (Å²) >= 11 is 0. The summed E-state index contributed by atoms with van der Waals surface area (Å²) in [6.07, 6.45) is -0.218. The Hall–Kier alpha value is -0.120. The first-order valence-corrected chi connectivity index (χ1v) is 3.10. The number of hydrogen-bond acceptors (Lipinski definition) is 3. The SMILES string of the molecule is CO[C@H](CO)NC(C)C. The predicted octanol–water partition coefficient (Wildman–Crippen LogP) is -0.0508. The highest BCUT2D eigenvalue weighted by molar-refractivity contribution is 4.56. The lowest BCUT2D eigenvalue weighted by Crippen LogP contribution is -2.38. The Morgan fingerprint density at radius 2 is 2.11 bits per heavy atom. The highest BCUT2D eigenvalue weighted by atomic mass is 16.5. The fourth-order valence-corrected chi connectivity index (χ4v) is 0.567. The van der Waals surface area contributed by atoms with Crippen molar-refractivity contribution in [2.24, 2.45) is 0 Å². The van der Waals surface area contributed by atoms with Crippen LogP contribution in [0.2, 0.25) is 0 Å². The fraction of sp³-hybridized carbons (Fsp3) is 1.00. The maximum absolute atomic E-state index is 8.59. The Bertz CT molecular complexity index is 62.1. The number of rotatable bonds is 4. The second-order valence-corrected chi connectivity index (χ2v) is 2.23. The molecule has 0 aromatic rings. The van der Waals surface area contributed by atoms with Gasteiger partial charge in [0.1, 0.15) is 6.23 Å². The van der Waals surface area contributed by atoms with Crippen molar-refractivity contribution < 1.29 is 9.84 Å². The van der Waals surface area contributed by atoms with Crippen LogP contribution >= 0.6 is 0 Å². The molecule has 0 radical (unpaired) electrons. The van der Waals surface area contributed by atoms with Gasteiger partial charge in [0.15, 0.2) is 0 Å². The molecular formula is C6H15NO2. The van der Waals surface area contributed by atoms with E-state index in [-0.39, 0.29) is 12.8 Å². The Morgan fingerprint density at radius 1 is 1.56 bits per heavy atom. The van der Waals surface area contributed by atoms with Gasteiger partial charge in [0, 0.05) is 13.2 Å². The van der Waals surface area contributed by atoms with E-state index in [9.17, 15) is 0 Å². The minimum Gasteiger partial charge on any atom is -0.392 e. The number of aliphatic hydroxyl groups is 1. The van der Waals surface area contributed by atoms with Crippen LogP contribution in [0.1, 0.15) is 13.8 Å². The van der Waals surface area contributed by atoms with E-state index < -0.39 is 0 Å². The molecule has 0 heterocycles. The predicted molar refractivity (Wildman–Crippen MR) is 36.2 cm³/mol. The van der Waals surface area contributed by atoms with Gasteiger partial charge < -0.3 is 9.84 Å². The minimum atomic E-state index is -0.218. The first-order chi connectivity index (χ1) is 4.20. The van der Waals surface area contributed by atoms with Gasteiger partial charge >= 0.3 is 0 Å². The van der Waals surface area contributed by atoms with Crippen LogP contribution in [0.4, 0.5) is 0 Å². The summed E-state index contributed by atoms with van der Waals surface area (Å²) in [5, 5.41) is 11.6. The van der Waals surface area contributed by atoms with Crippen LogP contribution in [0, 0.1) is 0 Å². The molecule has 2 N–H and O–H groups in total. The monoisotopic (exact) mass is 133 g/mol. The molecule has 0 aliphatic rings. The van der Waals surface area contributed by atoms with Crippen LogP contribution in [0.3, 0.4) is 0 Å². The van der Waals surface area contributed by atoms with E-state index in [2.05, 4.69) is 5.32 Å². The van der Waals surface area contributed by atoms with Gasteiger partial charge in [0.2, 0.25) is 0 Å². The van der Waals surface area contributed by atoms with Crippen molar-refractivity contribution in [3.05, 3.63) is 0 Å². The Morgan fingerprint density at radius 3 is 2.22 bits per heavy atom. The van der Waals surface area contributed by atoms with E-state index in [1.807, 2.05) is 13.8 Å². The molecule has 0 rings (SSSR count). The third-order valence-electron chi connectivity index (χ3n) is 0.970. The zero-order chi connectivity index (χ0) is 7.28. The maximum atomic E-state index is 8.59. The summed E-state index contributed by atoms with van der Waals surface area (Å²) in [6.45, 7) is 4.03. The maximum Gasteiger partial charge on any atom is 0.131 e. The molecule has 0 amide bonds. The molecule has 0 aliphatic heterocycles. The van der Waals surface area contributed by atoms with Gasteiger partial charge in [-0.2, -0.15) is 0 Å². The van der Waals surface area contributed by atoms with Crippen LogP contribution in [0.5, 0.6) is 0 Å². The first-order valence-electron chi connectivity index (χ1n) is 3.10. The molecule has 3 nitrogen and oxygen atoms in total. The molecule has 1 atom stereocenters. The van der Waals surface area contributed by atoms with E-state index >= 15 is 0 Å². The average Bonchev–Trinajstić information content (AvgIpc) is 1.82. The molecule has 56 valence electrons. The van der Waals surface area contributed by atoms with E-state index in [1.54, 1.807) is 7.11 Å². The van der Waals surface area contributed by atoms with Gasteiger partial charge in [-0.1, -0.05) is 0 Å². The van der Waals surface area contributed by atoms with Crippen molar-refractivity contribution in [2.45, 2.75) is 26.1 Å². The Labute approximate surface area is 56.0 Å². The van der Waals surface area contributed by atoms with E-state index in [0.29, 0.717) is 6.04 Å². The third-order valence-corrected chi connectivity index (χ3v) is 0.970. The lowest BCUT2D eigenvalue weighted by atomic mass is 10.4. The highest BCUT2D eigenvalue weighted by Gasteiger charge is 2.04. The summed E-state index contributed by atoms with van der Waals surface area (Å²) in [6, 6.07) is 0.349. The van der Waals surface area contributed by atoms with Crippen LogP contribution in [0.15, 0.2) is 0 Å². The smallest absolute Gasteiger partial charge is 0.131 e. The minimum absolute atomic E-state index is 0.0225. The molecule has 0 unspecified atom stereocenters. The van der Waals surface area contributed by atoms with Gasteiger partial charge in [0.25, 0.3) is 0 Å². The topological polar surface area (TPSA) is 41.5 Å². The van der Waals surface area contributed by atoms with Crippen LogP contribution < -0.4 is 5.32 Å². The standard InChI is InChI=1S/C6H15NO2/c1-5(2)7-6(4-8)9-3/h5-8H,4H2,1-3H3/t6-/m1/s1. The van der Waals surface area contributed by atoms with Crippen LogP contribution in [-0.4, -0.2) is 31.1 Å². The summed E-state index contributed by atoms with van der Waals surface area (Å²) in [5.74, 6) is 0. The Balaban J connectivity index is 3.31. The van der Waals surface area contributed by atoms with E-state index in [0.717, 1.165) is 0 Å². The molecule has 3 heteroatoms. The quantitative estimate of drug-likeness (QED) is 0.528. The molecule has 0 aromatic heterocycles. The van der Waals surface area contributed by atoms with Gasteiger partial charge in [0.05, 0.1) is 6.61 Å². The van der Waals surface area contributed by atoms with Crippen molar-refractivity contribution in [3.8, 4) is 0 Å². The number of nitrogens with one attached hydrogen (secondary N) is 1. The molecule has 0 saturated carbocycles. The number of methoxy groups -OCH3 is 1. The summed E-state index contributed by atoms with van der Waals surface area (Å²) in [7, 11) is 1.57. The molecule has 0 spiro atoms. The lowest BCUT2D eigenvalue weighted by molar-refractivity contribution is 0.0197. The average molecular weight is 133 g/mol. The molecule has 0 bridgehead atoms.